The van der Waals surface area contributed by atoms with Crippen LogP contribution in [0.1, 0.15) is 27.7 Å². The summed E-state index contributed by atoms with van der Waals surface area (Å²) in [7, 11) is 3.31. The number of hydrogen-bond donors (Lipinski definition) is 0. The number of carbonyl (C=O) groups is 1. The second-order valence-corrected chi connectivity index (χ2v) is 5.69. The molecule has 106 valence electrons. The third-order valence-corrected chi connectivity index (χ3v) is 4.35. The second kappa shape index (κ2) is 5.45. The van der Waals surface area contributed by atoms with Gasteiger partial charge in [-0.15, -0.1) is 0 Å². The van der Waals surface area contributed by atoms with Gasteiger partial charge in [-0.1, -0.05) is 0 Å². The van der Waals surface area contributed by atoms with E-state index in [0.717, 1.165) is 0 Å². The highest BCUT2D eigenvalue weighted by Gasteiger charge is 2.56. The van der Waals surface area contributed by atoms with E-state index in [1.165, 1.54) is 0 Å². The molecule has 1 heterocycles. The van der Waals surface area contributed by atoms with Crippen LogP contribution >= 0.6 is 0 Å². The van der Waals surface area contributed by atoms with E-state index in [0.29, 0.717) is 26.3 Å². The van der Waals surface area contributed by atoms with Gasteiger partial charge in [-0.2, -0.15) is 0 Å². The van der Waals surface area contributed by atoms with Crippen LogP contribution in [0.15, 0.2) is 0 Å². The van der Waals surface area contributed by atoms with Gasteiger partial charge in [-0.05, 0) is 27.7 Å². The summed E-state index contributed by atoms with van der Waals surface area (Å²) in [5.74, 6) is 0. The summed E-state index contributed by atoms with van der Waals surface area (Å²) in [5, 5.41) is 0. The van der Waals surface area contributed by atoms with E-state index in [1.54, 1.807) is 14.2 Å². The maximum atomic E-state index is 12.5. The lowest BCUT2D eigenvalue weighted by Crippen LogP contribution is -2.54. The highest BCUT2D eigenvalue weighted by atomic mass is 16.5. The first-order valence-electron chi connectivity index (χ1n) is 6.37. The fourth-order valence-electron chi connectivity index (χ4n) is 2.40. The lowest BCUT2D eigenvalue weighted by molar-refractivity contribution is 0.0759. The molecule has 1 saturated heterocycles. The average Bonchev–Trinajstić information content (AvgIpc) is 2.40. The van der Waals surface area contributed by atoms with Crippen molar-refractivity contribution in [2.24, 2.45) is 0 Å². The van der Waals surface area contributed by atoms with E-state index >= 15 is 0 Å². The molecule has 5 nitrogen and oxygen atoms in total. The van der Waals surface area contributed by atoms with Gasteiger partial charge in [-0.3, -0.25) is 0 Å². The molecule has 0 atom stereocenters. The second-order valence-electron chi connectivity index (χ2n) is 5.69. The molecular formula is C13H26N2O3. The van der Waals surface area contributed by atoms with E-state index in [1.807, 2.05) is 9.80 Å². The molecule has 0 unspecified atom stereocenters. The minimum absolute atomic E-state index is 0.0686. The maximum absolute atomic E-state index is 12.5. The third kappa shape index (κ3) is 2.34. The highest BCUT2D eigenvalue weighted by molar-refractivity contribution is 5.79. The summed E-state index contributed by atoms with van der Waals surface area (Å²) in [6, 6.07) is 0.0686. The molecule has 0 aliphatic carbocycles. The van der Waals surface area contributed by atoms with Gasteiger partial charge in [0.1, 0.15) is 0 Å². The van der Waals surface area contributed by atoms with Crippen molar-refractivity contribution in [2.75, 3.05) is 40.5 Å². The van der Waals surface area contributed by atoms with Crippen LogP contribution in [0, 0.1) is 0 Å². The molecule has 0 radical (unpaired) electrons. The molecule has 18 heavy (non-hydrogen) atoms. The van der Waals surface area contributed by atoms with Gasteiger partial charge in [0.15, 0.2) is 0 Å². The number of carbonyl (C=O) groups excluding carboxylic acids is 1. The molecule has 0 aromatic rings. The summed E-state index contributed by atoms with van der Waals surface area (Å²) in [5.41, 5.74) is -0.452. The standard InChI is InChI=1S/C13H26N2O3/c1-12(2)13(3,4)15(8-10-18-6)11(16)14(12)7-9-17-5/h7-10H2,1-6H3. The Labute approximate surface area is 110 Å². The van der Waals surface area contributed by atoms with Gasteiger partial charge < -0.3 is 19.3 Å². The monoisotopic (exact) mass is 258 g/mol. The topological polar surface area (TPSA) is 42.0 Å². The zero-order valence-electron chi connectivity index (χ0n) is 12.4. The fourth-order valence-corrected chi connectivity index (χ4v) is 2.40. The summed E-state index contributed by atoms with van der Waals surface area (Å²) in [6.45, 7) is 10.8. The third-order valence-electron chi connectivity index (χ3n) is 4.35. The minimum atomic E-state index is -0.226. The minimum Gasteiger partial charge on any atom is -0.383 e. The van der Waals surface area contributed by atoms with Crippen LogP contribution in [0.4, 0.5) is 4.79 Å². The van der Waals surface area contributed by atoms with Crippen molar-refractivity contribution in [1.82, 2.24) is 9.80 Å². The Kier molecular flexibility index (Phi) is 4.61. The Hall–Kier alpha value is -0.810. The first kappa shape index (κ1) is 15.2. The molecule has 0 aromatic carbocycles. The largest absolute Gasteiger partial charge is 0.383 e. The summed E-state index contributed by atoms with van der Waals surface area (Å²) >= 11 is 0. The number of urea groups is 1. The molecule has 5 heteroatoms. The summed E-state index contributed by atoms with van der Waals surface area (Å²) in [6.07, 6.45) is 0. The van der Waals surface area contributed by atoms with E-state index < -0.39 is 0 Å². The molecule has 2 amide bonds. The van der Waals surface area contributed by atoms with Crippen LogP contribution in [-0.2, 0) is 9.47 Å². The van der Waals surface area contributed by atoms with Gasteiger partial charge in [0.2, 0.25) is 0 Å². The summed E-state index contributed by atoms with van der Waals surface area (Å²) < 4.78 is 10.2. The molecule has 0 saturated carbocycles. The quantitative estimate of drug-likeness (QED) is 0.726. The van der Waals surface area contributed by atoms with E-state index in [2.05, 4.69) is 27.7 Å². The van der Waals surface area contributed by atoms with Crippen LogP contribution in [-0.4, -0.2) is 67.4 Å². The van der Waals surface area contributed by atoms with E-state index in [9.17, 15) is 4.79 Å². The van der Waals surface area contributed by atoms with Gasteiger partial charge in [0.25, 0.3) is 0 Å². The van der Waals surface area contributed by atoms with Crippen molar-refractivity contribution >= 4 is 6.03 Å². The van der Waals surface area contributed by atoms with Crippen molar-refractivity contribution in [3.8, 4) is 0 Å². The first-order chi connectivity index (χ1) is 8.30. The zero-order chi connectivity index (χ0) is 14.0. The van der Waals surface area contributed by atoms with E-state index in [-0.39, 0.29) is 17.1 Å². The van der Waals surface area contributed by atoms with Crippen LogP contribution in [0.2, 0.25) is 0 Å². The molecule has 0 N–H and O–H groups in total. The Morgan fingerprint density at radius 2 is 1.22 bits per heavy atom. The molecule has 0 aromatic heterocycles. The molecular weight excluding hydrogens is 232 g/mol. The Morgan fingerprint density at radius 3 is 1.50 bits per heavy atom. The number of methoxy groups -OCH3 is 2. The van der Waals surface area contributed by atoms with Crippen LogP contribution in [0.5, 0.6) is 0 Å². The lowest BCUT2D eigenvalue weighted by atomic mass is 9.82. The van der Waals surface area contributed by atoms with Crippen molar-refractivity contribution in [3.05, 3.63) is 0 Å². The SMILES string of the molecule is COCCN1C(=O)N(CCOC)C(C)(C)C1(C)C. The van der Waals surface area contributed by atoms with Gasteiger partial charge in [0, 0.05) is 27.3 Å². The molecule has 0 bridgehead atoms. The highest BCUT2D eigenvalue weighted by Crippen LogP contribution is 2.40. The normalized spacial score (nSPS) is 21.8. The van der Waals surface area contributed by atoms with Crippen molar-refractivity contribution in [2.45, 2.75) is 38.8 Å². The predicted octanol–water partition coefficient (Wildman–Crippen LogP) is 1.57. The van der Waals surface area contributed by atoms with Gasteiger partial charge in [-0.25, -0.2) is 4.79 Å². The lowest BCUT2D eigenvalue weighted by Gasteiger charge is -2.41. The zero-order valence-corrected chi connectivity index (χ0v) is 12.4. The predicted molar refractivity (Wildman–Crippen MR) is 70.7 cm³/mol. The Bertz CT molecular complexity index is 275. The van der Waals surface area contributed by atoms with Crippen molar-refractivity contribution < 1.29 is 14.3 Å². The van der Waals surface area contributed by atoms with Gasteiger partial charge >= 0.3 is 6.03 Å². The number of amides is 2. The smallest absolute Gasteiger partial charge is 0.321 e. The Morgan fingerprint density at radius 1 is 0.889 bits per heavy atom. The van der Waals surface area contributed by atoms with Crippen LogP contribution < -0.4 is 0 Å². The fraction of sp³-hybridized carbons (Fsp3) is 0.923. The molecule has 1 fully saturated rings. The number of nitrogens with zero attached hydrogens (tertiary/aromatic N) is 2. The Balaban J connectivity index is 2.92. The maximum Gasteiger partial charge on any atom is 0.321 e. The van der Waals surface area contributed by atoms with Crippen LogP contribution in [0.3, 0.4) is 0 Å². The molecule has 0 spiro atoms. The van der Waals surface area contributed by atoms with Gasteiger partial charge in [0.05, 0.1) is 24.3 Å². The number of ether oxygens (including phenoxy) is 2. The van der Waals surface area contributed by atoms with Crippen LogP contribution in [0.25, 0.3) is 0 Å². The van der Waals surface area contributed by atoms with Crippen molar-refractivity contribution in [1.29, 1.82) is 0 Å². The molecule has 1 rings (SSSR count). The molecule has 1 aliphatic heterocycles. The molecule has 1 aliphatic rings. The first-order valence-corrected chi connectivity index (χ1v) is 6.37. The average molecular weight is 258 g/mol. The van der Waals surface area contributed by atoms with E-state index in [4.69, 9.17) is 9.47 Å². The van der Waals surface area contributed by atoms with Crippen molar-refractivity contribution in [3.63, 3.8) is 0 Å². The number of hydrogen-bond acceptors (Lipinski definition) is 3. The number of rotatable bonds is 6. The summed E-state index contributed by atoms with van der Waals surface area (Å²) in [4.78, 5) is 16.3.